The summed E-state index contributed by atoms with van der Waals surface area (Å²) in [6.07, 6.45) is 5.24. The highest BCUT2D eigenvalue weighted by Gasteiger charge is 1.91. The molecule has 4 N–H and O–H groups in total. The van der Waals surface area contributed by atoms with Crippen LogP contribution in [0.3, 0.4) is 0 Å². The van der Waals surface area contributed by atoms with E-state index in [-0.39, 0.29) is 0 Å². The van der Waals surface area contributed by atoms with Crippen LogP contribution in [0.25, 0.3) is 0 Å². The standard InChI is InChI=1S/C10H23N3O/c1-2-7-12-10(11)13-8-5-3-4-6-9-14/h14H,2-9H2,1H3,(H3,11,12,13). The first-order chi connectivity index (χ1) is 6.81. The molecule has 0 amide bonds. The van der Waals surface area contributed by atoms with Gasteiger partial charge >= 0.3 is 0 Å². The summed E-state index contributed by atoms with van der Waals surface area (Å²) in [6.45, 7) is 4.05. The fourth-order valence-corrected chi connectivity index (χ4v) is 1.09. The lowest BCUT2D eigenvalue weighted by atomic mass is 10.2. The van der Waals surface area contributed by atoms with Gasteiger partial charge in [-0.15, -0.1) is 0 Å². The first kappa shape index (κ1) is 13.2. The van der Waals surface area contributed by atoms with E-state index in [4.69, 9.17) is 10.8 Å². The van der Waals surface area contributed by atoms with E-state index >= 15 is 0 Å². The maximum absolute atomic E-state index is 8.55. The monoisotopic (exact) mass is 201 g/mol. The van der Waals surface area contributed by atoms with Gasteiger partial charge in [-0.1, -0.05) is 19.8 Å². The molecule has 0 rings (SSSR count). The Morgan fingerprint density at radius 2 is 2.00 bits per heavy atom. The van der Waals surface area contributed by atoms with E-state index in [1.807, 2.05) is 0 Å². The molecule has 0 aliphatic carbocycles. The summed E-state index contributed by atoms with van der Waals surface area (Å²) in [7, 11) is 0. The van der Waals surface area contributed by atoms with Crippen LogP contribution < -0.4 is 11.1 Å². The summed E-state index contributed by atoms with van der Waals surface area (Å²) in [5.41, 5.74) is 5.60. The van der Waals surface area contributed by atoms with Crippen LogP contribution in [-0.2, 0) is 0 Å². The van der Waals surface area contributed by atoms with E-state index in [1.54, 1.807) is 0 Å². The minimum atomic E-state index is 0.299. The fourth-order valence-electron chi connectivity index (χ4n) is 1.09. The number of aliphatic hydroxyl groups excluding tert-OH is 1. The number of aliphatic hydroxyl groups is 1. The number of unbranched alkanes of at least 4 members (excludes halogenated alkanes) is 3. The number of rotatable bonds is 8. The number of nitrogens with two attached hydrogens (primary N) is 1. The summed E-state index contributed by atoms with van der Waals surface area (Å²) in [6, 6.07) is 0. The molecule has 0 aromatic heterocycles. The molecule has 0 radical (unpaired) electrons. The second kappa shape index (κ2) is 10.3. The van der Waals surface area contributed by atoms with E-state index in [9.17, 15) is 0 Å². The quantitative estimate of drug-likeness (QED) is 0.310. The minimum absolute atomic E-state index is 0.299. The molecule has 0 saturated carbocycles. The average Bonchev–Trinajstić information content (AvgIpc) is 2.20. The lowest BCUT2D eigenvalue weighted by Crippen LogP contribution is -2.32. The molecule has 0 unspecified atom stereocenters. The molecule has 0 atom stereocenters. The minimum Gasteiger partial charge on any atom is -0.396 e. The van der Waals surface area contributed by atoms with Gasteiger partial charge in [0, 0.05) is 19.7 Å². The van der Waals surface area contributed by atoms with E-state index < -0.39 is 0 Å². The molecule has 0 fully saturated rings. The molecular weight excluding hydrogens is 178 g/mol. The summed E-state index contributed by atoms with van der Waals surface area (Å²) < 4.78 is 0. The van der Waals surface area contributed by atoms with Gasteiger partial charge in [0.15, 0.2) is 5.96 Å². The average molecular weight is 201 g/mol. The van der Waals surface area contributed by atoms with Crippen molar-refractivity contribution in [2.24, 2.45) is 10.7 Å². The Labute approximate surface area is 86.6 Å². The van der Waals surface area contributed by atoms with Gasteiger partial charge in [-0.2, -0.15) is 0 Å². The topological polar surface area (TPSA) is 70.6 Å². The maximum Gasteiger partial charge on any atom is 0.188 e. The molecule has 0 aliphatic heterocycles. The fraction of sp³-hybridized carbons (Fsp3) is 0.900. The van der Waals surface area contributed by atoms with Crippen molar-refractivity contribution < 1.29 is 5.11 Å². The summed E-state index contributed by atoms with van der Waals surface area (Å²) in [5.74, 6) is 0.550. The normalized spacial score (nSPS) is 11.7. The van der Waals surface area contributed by atoms with Crippen molar-refractivity contribution in [1.29, 1.82) is 0 Å². The van der Waals surface area contributed by atoms with Crippen LogP contribution in [0.15, 0.2) is 4.99 Å². The highest BCUT2D eigenvalue weighted by atomic mass is 16.2. The van der Waals surface area contributed by atoms with Crippen molar-refractivity contribution in [1.82, 2.24) is 5.32 Å². The van der Waals surface area contributed by atoms with Crippen molar-refractivity contribution in [3.8, 4) is 0 Å². The Hall–Kier alpha value is -0.770. The smallest absolute Gasteiger partial charge is 0.188 e. The Balaban J connectivity index is 3.18. The van der Waals surface area contributed by atoms with Gasteiger partial charge in [0.05, 0.1) is 0 Å². The lowest BCUT2D eigenvalue weighted by molar-refractivity contribution is 0.282. The number of hydrogen-bond donors (Lipinski definition) is 3. The zero-order valence-electron chi connectivity index (χ0n) is 9.13. The predicted octanol–water partition coefficient (Wildman–Crippen LogP) is 0.853. The highest BCUT2D eigenvalue weighted by Crippen LogP contribution is 1.97. The first-order valence-electron chi connectivity index (χ1n) is 5.46. The molecule has 4 nitrogen and oxygen atoms in total. The molecule has 0 aliphatic rings. The Bertz CT molecular complexity index is 148. The summed E-state index contributed by atoms with van der Waals surface area (Å²) >= 11 is 0. The van der Waals surface area contributed by atoms with Crippen LogP contribution >= 0.6 is 0 Å². The molecule has 4 heteroatoms. The molecule has 84 valence electrons. The molecular formula is C10H23N3O. The number of nitrogens with one attached hydrogen (secondary N) is 1. The second-order valence-corrected chi connectivity index (χ2v) is 3.33. The van der Waals surface area contributed by atoms with Crippen LogP contribution in [-0.4, -0.2) is 30.8 Å². The van der Waals surface area contributed by atoms with Gasteiger partial charge in [-0.05, 0) is 19.3 Å². The number of aliphatic imine (C=N–C) groups is 1. The zero-order valence-corrected chi connectivity index (χ0v) is 9.13. The third kappa shape index (κ3) is 9.32. The van der Waals surface area contributed by atoms with E-state index in [1.165, 1.54) is 0 Å². The number of hydrogen-bond acceptors (Lipinski definition) is 2. The third-order valence-electron chi connectivity index (χ3n) is 1.90. The predicted molar refractivity (Wildman–Crippen MR) is 60.3 cm³/mol. The number of nitrogens with zero attached hydrogens (tertiary/aromatic N) is 1. The highest BCUT2D eigenvalue weighted by molar-refractivity contribution is 5.77. The molecule has 0 aromatic rings. The van der Waals surface area contributed by atoms with E-state index in [0.717, 1.165) is 45.2 Å². The van der Waals surface area contributed by atoms with Crippen molar-refractivity contribution in [3.63, 3.8) is 0 Å². The Morgan fingerprint density at radius 3 is 2.64 bits per heavy atom. The van der Waals surface area contributed by atoms with Crippen LogP contribution in [0.1, 0.15) is 39.0 Å². The van der Waals surface area contributed by atoms with Crippen molar-refractivity contribution in [2.45, 2.75) is 39.0 Å². The van der Waals surface area contributed by atoms with E-state index in [0.29, 0.717) is 12.6 Å². The SMILES string of the molecule is CCCN=C(N)NCCCCCCO. The second-order valence-electron chi connectivity index (χ2n) is 3.33. The van der Waals surface area contributed by atoms with Gasteiger partial charge < -0.3 is 16.2 Å². The van der Waals surface area contributed by atoms with Crippen molar-refractivity contribution >= 4 is 5.96 Å². The van der Waals surface area contributed by atoms with Crippen LogP contribution in [0.5, 0.6) is 0 Å². The van der Waals surface area contributed by atoms with Crippen molar-refractivity contribution in [2.75, 3.05) is 19.7 Å². The van der Waals surface area contributed by atoms with Gasteiger partial charge in [-0.25, -0.2) is 0 Å². The largest absolute Gasteiger partial charge is 0.396 e. The first-order valence-corrected chi connectivity index (χ1v) is 5.46. The molecule has 0 aromatic carbocycles. The summed E-state index contributed by atoms with van der Waals surface area (Å²) in [4.78, 5) is 4.12. The molecule has 14 heavy (non-hydrogen) atoms. The van der Waals surface area contributed by atoms with Crippen molar-refractivity contribution in [3.05, 3.63) is 0 Å². The van der Waals surface area contributed by atoms with Gasteiger partial charge in [-0.3, -0.25) is 4.99 Å². The Kier molecular flexibility index (Phi) is 9.74. The van der Waals surface area contributed by atoms with E-state index in [2.05, 4.69) is 17.2 Å². The summed E-state index contributed by atoms with van der Waals surface area (Å²) in [5, 5.41) is 11.6. The zero-order chi connectivity index (χ0) is 10.6. The van der Waals surface area contributed by atoms with Gasteiger partial charge in [0.2, 0.25) is 0 Å². The van der Waals surface area contributed by atoms with Crippen LogP contribution in [0.4, 0.5) is 0 Å². The van der Waals surface area contributed by atoms with Crippen LogP contribution in [0.2, 0.25) is 0 Å². The molecule has 0 heterocycles. The molecule has 0 spiro atoms. The maximum atomic E-state index is 8.55. The van der Waals surface area contributed by atoms with Gasteiger partial charge in [0.1, 0.15) is 0 Å². The Morgan fingerprint density at radius 1 is 1.29 bits per heavy atom. The molecule has 0 saturated heterocycles. The molecule has 0 bridgehead atoms. The lowest BCUT2D eigenvalue weighted by Gasteiger charge is -2.04. The van der Waals surface area contributed by atoms with Gasteiger partial charge in [0.25, 0.3) is 0 Å². The third-order valence-corrected chi connectivity index (χ3v) is 1.90. The van der Waals surface area contributed by atoms with Crippen LogP contribution in [0, 0.1) is 0 Å². The number of guanidine groups is 1.